The molecular formula is C18H20O4S. The zero-order valence-corrected chi connectivity index (χ0v) is 13.8. The maximum absolute atomic E-state index is 10.7. The van der Waals surface area contributed by atoms with E-state index in [4.69, 9.17) is 9.84 Å². The van der Waals surface area contributed by atoms with Gasteiger partial charge in [-0.3, -0.25) is 4.79 Å². The molecule has 122 valence electrons. The van der Waals surface area contributed by atoms with Crippen LogP contribution in [0, 0.1) is 0 Å². The molecule has 1 unspecified atom stereocenters. The monoisotopic (exact) mass is 332 g/mol. The van der Waals surface area contributed by atoms with Crippen molar-refractivity contribution in [3.8, 4) is 11.5 Å². The van der Waals surface area contributed by atoms with Crippen molar-refractivity contribution in [2.75, 3.05) is 12.9 Å². The third-order valence-corrected chi connectivity index (χ3v) is 4.76. The van der Waals surface area contributed by atoms with E-state index < -0.39 is 5.97 Å². The molecule has 0 amide bonds. The lowest BCUT2D eigenvalue weighted by Gasteiger charge is -2.17. The lowest BCUT2D eigenvalue weighted by molar-refractivity contribution is -0.136. The number of carboxylic acids is 1. The second-order valence-electron chi connectivity index (χ2n) is 5.15. The van der Waals surface area contributed by atoms with Crippen LogP contribution < -0.4 is 4.74 Å². The minimum Gasteiger partial charge on any atom is -0.508 e. The van der Waals surface area contributed by atoms with Gasteiger partial charge in [-0.1, -0.05) is 24.3 Å². The summed E-state index contributed by atoms with van der Waals surface area (Å²) in [5, 5.41) is 18.4. The fourth-order valence-electron chi connectivity index (χ4n) is 2.23. The van der Waals surface area contributed by atoms with Crippen LogP contribution in [0.5, 0.6) is 11.5 Å². The number of ether oxygens (including phenoxy) is 1. The van der Waals surface area contributed by atoms with Gasteiger partial charge in [0.25, 0.3) is 0 Å². The van der Waals surface area contributed by atoms with Gasteiger partial charge in [0, 0.05) is 11.0 Å². The van der Waals surface area contributed by atoms with Crippen LogP contribution in [-0.4, -0.2) is 29.0 Å². The average molecular weight is 332 g/mol. The van der Waals surface area contributed by atoms with Crippen LogP contribution in [0.1, 0.15) is 22.8 Å². The summed E-state index contributed by atoms with van der Waals surface area (Å²) in [7, 11) is 1.63. The van der Waals surface area contributed by atoms with E-state index in [2.05, 4.69) is 0 Å². The zero-order valence-electron chi connectivity index (χ0n) is 12.9. The number of hydrogen-bond donors (Lipinski definition) is 2. The topological polar surface area (TPSA) is 66.8 Å². The highest BCUT2D eigenvalue weighted by Crippen LogP contribution is 2.34. The second-order valence-corrected chi connectivity index (χ2v) is 6.46. The maximum Gasteiger partial charge on any atom is 0.304 e. The molecule has 1 atom stereocenters. The Morgan fingerprint density at radius 3 is 2.35 bits per heavy atom. The van der Waals surface area contributed by atoms with Crippen LogP contribution in [0.2, 0.25) is 0 Å². The van der Waals surface area contributed by atoms with Gasteiger partial charge in [0.05, 0.1) is 13.5 Å². The standard InChI is InChI=1S/C18H20O4S/c1-22-16-8-4-14(5-9-16)17(23-11-10-18(20)21)12-13-2-6-15(19)7-3-13/h2-9,17,19H,10-12H2,1H3,(H,20,21). The Hall–Kier alpha value is -2.14. The molecule has 2 aromatic carbocycles. The van der Waals surface area contributed by atoms with Gasteiger partial charge in [-0.05, 0) is 41.8 Å². The summed E-state index contributed by atoms with van der Waals surface area (Å²) in [4.78, 5) is 10.7. The molecule has 23 heavy (non-hydrogen) atoms. The molecule has 0 saturated heterocycles. The summed E-state index contributed by atoms with van der Waals surface area (Å²) in [6.45, 7) is 0. The molecule has 2 aromatic rings. The summed E-state index contributed by atoms with van der Waals surface area (Å²) in [5.41, 5.74) is 2.24. The number of phenolic OH excluding ortho intramolecular Hbond substituents is 1. The van der Waals surface area contributed by atoms with Crippen molar-refractivity contribution in [1.82, 2.24) is 0 Å². The fourth-order valence-corrected chi connectivity index (χ4v) is 3.46. The largest absolute Gasteiger partial charge is 0.508 e. The molecule has 5 heteroatoms. The molecule has 0 aliphatic heterocycles. The summed E-state index contributed by atoms with van der Waals surface area (Å²) in [5.74, 6) is 0.820. The highest BCUT2D eigenvalue weighted by Gasteiger charge is 2.14. The van der Waals surface area contributed by atoms with E-state index in [1.165, 1.54) is 0 Å². The predicted molar refractivity (Wildman–Crippen MR) is 92.3 cm³/mol. The number of aliphatic carboxylic acids is 1. The van der Waals surface area contributed by atoms with Crippen molar-refractivity contribution in [3.05, 3.63) is 59.7 Å². The number of methoxy groups -OCH3 is 1. The molecule has 2 N–H and O–H groups in total. The van der Waals surface area contributed by atoms with Gasteiger partial charge in [0.2, 0.25) is 0 Å². The Morgan fingerprint density at radius 2 is 1.78 bits per heavy atom. The highest BCUT2D eigenvalue weighted by atomic mass is 32.2. The molecule has 0 aromatic heterocycles. The average Bonchev–Trinajstić information content (AvgIpc) is 2.55. The van der Waals surface area contributed by atoms with E-state index in [9.17, 15) is 9.90 Å². The molecule has 0 heterocycles. The van der Waals surface area contributed by atoms with Crippen LogP contribution in [0.25, 0.3) is 0 Å². The van der Waals surface area contributed by atoms with E-state index in [1.807, 2.05) is 36.4 Å². The van der Waals surface area contributed by atoms with Gasteiger partial charge >= 0.3 is 5.97 Å². The number of thioether (sulfide) groups is 1. The first-order chi connectivity index (χ1) is 11.1. The van der Waals surface area contributed by atoms with Crippen molar-refractivity contribution >= 4 is 17.7 Å². The van der Waals surface area contributed by atoms with Gasteiger partial charge in [0.15, 0.2) is 0 Å². The molecule has 0 radical (unpaired) electrons. The number of hydrogen-bond acceptors (Lipinski definition) is 4. The van der Waals surface area contributed by atoms with Gasteiger partial charge in [-0.25, -0.2) is 0 Å². The summed E-state index contributed by atoms with van der Waals surface area (Å²) in [6, 6.07) is 15.0. The van der Waals surface area contributed by atoms with Crippen LogP contribution in [0.15, 0.2) is 48.5 Å². The first-order valence-electron chi connectivity index (χ1n) is 7.33. The highest BCUT2D eigenvalue weighted by molar-refractivity contribution is 7.99. The normalized spacial score (nSPS) is 11.9. The predicted octanol–water partition coefficient (Wildman–Crippen LogP) is 3.89. The SMILES string of the molecule is COc1ccc(C(Cc2ccc(O)cc2)SCCC(=O)O)cc1. The summed E-state index contributed by atoms with van der Waals surface area (Å²) >= 11 is 1.63. The van der Waals surface area contributed by atoms with Gasteiger partial charge in [0.1, 0.15) is 11.5 Å². The van der Waals surface area contributed by atoms with Crippen molar-refractivity contribution in [3.63, 3.8) is 0 Å². The molecular weight excluding hydrogens is 312 g/mol. The number of benzene rings is 2. The molecule has 0 saturated carbocycles. The zero-order chi connectivity index (χ0) is 16.7. The van der Waals surface area contributed by atoms with Crippen molar-refractivity contribution in [2.45, 2.75) is 18.1 Å². The van der Waals surface area contributed by atoms with E-state index in [1.54, 1.807) is 31.0 Å². The maximum atomic E-state index is 10.7. The van der Waals surface area contributed by atoms with E-state index >= 15 is 0 Å². The minimum absolute atomic E-state index is 0.146. The second kappa shape index (κ2) is 8.48. The Morgan fingerprint density at radius 1 is 1.13 bits per heavy atom. The summed E-state index contributed by atoms with van der Waals surface area (Å²) < 4.78 is 5.18. The fraction of sp³-hybridized carbons (Fsp3) is 0.278. The van der Waals surface area contributed by atoms with Crippen molar-refractivity contribution in [2.24, 2.45) is 0 Å². The van der Waals surface area contributed by atoms with E-state index in [0.29, 0.717) is 5.75 Å². The Balaban J connectivity index is 2.12. The molecule has 0 aliphatic rings. The summed E-state index contributed by atoms with van der Waals surface area (Å²) in [6.07, 6.45) is 0.920. The van der Waals surface area contributed by atoms with Crippen molar-refractivity contribution < 1.29 is 19.7 Å². The number of aromatic hydroxyl groups is 1. The molecule has 2 rings (SSSR count). The molecule has 0 aliphatic carbocycles. The van der Waals surface area contributed by atoms with E-state index in [-0.39, 0.29) is 17.4 Å². The van der Waals surface area contributed by atoms with Crippen LogP contribution in [0.3, 0.4) is 0 Å². The minimum atomic E-state index is -0.782. The molecule has 0 fully saturated rings. The quantitative estimate of drug-likeness (QED) is 0.767. The third-order valence-electron chi connectivity index (χ3n) is 3.48. The number of rotatable bonds is 8. The molecule has 0 bridgehead atoms. The number of carboxylic acid groups (broad SMARTS) is 1. The van der Waals surface area contributed by atoms with Gasteiger partial charge in [-0.15, -0.1) is 0 Å². The van der Waals surface area contributed by atoms with Gasteiger partial charge < -0.3 is 14.9 Å². The number of phenols is 1. The number of carbonyl (C=O) groups is 1. The first-order valence-corrected chi connectivity index (χ1v) is 8.38. The first kappa shape index (κ1) is 17.2. The van der Waals surface area contributed by atoms with Crippen molar-refractivity contribution in [1.29, 1.82) is 0 Å². The molecule has 0 spiro atoms. The lowest BCUT2D eigenvalue weighted by atomic mass is 10.0. The van der Waals surface area contributed by atoms with Gasteiger partial charge in [-0.2, -0.15) is 11.8 Å². The Kier molecular flexibility index (Phi) is 6.35. The smallest absolute Gasteiger partial charge is 0.304 e. The van der Waals surface area contributed by atoms with Crippen LogP contribution in [-0.2, 0) is 11.2 Å². The molecule has 4 nitrogen and oxygen atoms in total. The van der Waals surface area contributed by atoms with Crippen LogP contribution in [0.4, 0.5) is 0 Å². The third kappa shape index (κ3) is 5.53. The van der Waals surface area contributed by atoms with E-state index in [0.717, 1.165) is 23.3 Å². The lowest BCUT2D eigenvalue weighted by Crippen LogP contribution is -2.03. The van der Waals surface area contributed by atoms with Crippen LogP contribution >= 0.6 is 11.8 Å². The Labute approximate surface area is 140 Å². The Bertz CT molecular complexity index is 622.